The van der Waals surface area contributed by atoms with Crippen LogP contribution in [-0.2, 0) is 17.7 Å². The molecule has 0 saturated carbocycles. The molecule has 25 heavy (non-hydrogen) atoms. The number of aromatic carboxylic acids is 1. The van der Waals surface area contributed by atoms with Crippen LogP contribution in [0.5, 0.6) is 0 Å². The van der Waals surface area contributed by atoms with Gasteiger partial charge in [-0.25, -0.2) is 4.79 Å². The zero-order valence-electron chi connectivity index (χ0n) is 14.0. The highest BCUT2D eigenvalue weighted by atomic mass is 16.5. The largest absolute Gasteiger partial charge is 0.478 e. The molecule has 6 heteroatoms. The molecule has 0 aliphatic carbocycles. The van der Waals surface area contributed by atoms with E-state index in [1.807, 2.05) is 12.3 Å². The number of nitrogens with zero attached hydrogens (tertiary/aromatic N) is 3. The molecule has 0 unspecified atom stereocenters. The first kappa shape index (κ1) is 16.2. The molecule has 0 spiro atoms. The summed E-state index contributed by atoms with van der Waals surface area (Å²) in [7, 11) is 0. The molecule has 0 amide bonds. The van der Waals surface area contributed by atoms with Gasteiger partial charge in [0.25, 0.3) is 0 Å². The summed E-state index contributed by atoms with van der Waals surface area (Å²) in [6.45, 7) is 4.33. The number of carboxylic acids is 1. The minimum Gasteiger partial charge on any atom is -0.478 e. The summed E-state index contributed by atoms with van der Waals surface area (Å²) < 4.78 is 5.46. The second-order valence-corrected chi connectivity index (χ2v) is 6.75. The van der Waals surface area contributed by atoms with Crippen LogP contribution < -0.4 is 0 Å². The van der Waals surface area contributed by atoms with Crippen LogP contribution in [0.4, 0.5) is 0 Å². The van der Waals surface area contributed by atoms with Gasteiger partial charge in [-0.3, -0.25) is 14.9 Å². The third-order valence-corrected chi connectivity index (χ3v) is 5.04. The number of hydrogen-bond donors (Lipinski definition) is 1. The van der Waals surface area contributed by atoms with E-state index in [4.69, 9.17) is 4.74 Å². The number of rotatable bonds is 4. The van der Waals surface area contributed by atoms with Crippen molar-refractivity contribution in [3.63, 3.8) is 0 Å². The Labute approximate surface area is 146 Å². The fourth-order valence-electron chi connectivity index (χ4n) is 3.80. The van der Waals surface area contributed by atoms with E-state index in [2.05, 4.69) is 14.9 Å². The lowest BCUT2D eigenvalue weighted by atomic mass is 9.92. The van der Waals surface area contributed by atoms with Crippen molar-refractivity contribution in [2.75, 3.05) is 26.3 Å². The number of hydrogen-bond acceptors (Lipinski definition) is 5. The average molecular weight is 339 g/mol. The van der Waals surface area contributed by atoms with Gasteiger partial charge in [-0.1, -0.05) is 0 Å². The van der Waals surface area contributed by atoms with E-state index in [9.17, 15) is 9.90 Å². The predicted molar refractivity (Wildman–Crippen MR) is 92.3 cm³/mol. The van der Waals surface area contributed by atoms with Gasteiger partial charge in [-0.15, -0.1) is 0 Å². The molecule has 2 aromatic rings. The van der Waals surface area contributed by atoms with E-state index in [1.54, 1.807) is 18.5 Å². The van der Waals surface area contributed by atoms with Crippen molar-refractivity contribution in [3.05, 3.63) is 47.4 Å². The molecule has 2 aromatic heterocycles. The van der Waals surface area contributed by atoms with Gasteiger partial charge in [0.05, 0.1) is 17.9 Å². The normalized spacial score (nSPS) is 20.4. The van der Waals surface area contributed by atoms with Gasteiger partial charge in [0.1, 0.15) is 0 Å². The number of ether oxygens (including phenoxy) is 1. The third kappa shape index (κ3) is 3.27. The van der Waals surface area contributed by atoms with Gasteiger partial charge in [-0.05, 0) is 42.0 Å². The van der Waals surface area contributed by atoms with E-state index in [0.29, 0.717) is 17.2 Å². The second kappa shape index (κ2) is 6.90. The first-order valence-electron chi connectivity index (χ1n) is 8.67. The topological polar surface area (TPSA) is 75.5 Å². The SMILES string of the molecule is O=C(O)c1c(-c2cccnc2)ncc2c1CCN(C[C@H]1CCOC1)C2. The zero-order chi connectivity index (χ0) is 17.2. The van der Waals surface area contributed by atoms with E-state index in [0.717, 1.165) is 62.4 Å². The molecule has 2 aliphatic heterocycles. The molecule has 1 saturated heterocycles. The number of carboxylic acid groups (broad SMARTS) is 1. The van der Waals surface area contributed by atoms with Crippen LogP contribution in [0.25, 0.3) is 11.3 Å². The molecule has 0 bridgehead atoms. The highest BCUT2D eigenvalue weighted by Gasteiger charge is 2.27. The summed E-state index contributed by atoms with van der Waals surface area (Å²) in [6.07, 6.45) is 7.02. The summed E-state index contributed by atoms with van der Waals surface area (Å²) in [5.41, 5.74) is 3.52. The molecule has 6 nitrogen and oxygen atoms in total. The van der Waals surface area contributed by atoms with Crippen molar-refractivity contribution in [2.24, 2.45) is 5.92 Å². The molecule has 4 heterocycles. The van der Waals surface area contributed by atoms with E-state index in [1.165, 1.54) is 0 Å². The minimum absolute atomic E-state index is 0.328. The highest BCUT2D eigenvalue weighted by Crippen LogP contribution is 2.30. The molecular formula is C19H21N3O3. The van der Waals surface area contributed by atoms with Crippen LogP contribution in [0.2, 0.25) is 0 Å². The van der Waals surface area contributed by atoms with Crippen LogP contribution in [0.1, 0.15) is 27.9 Å². The van der Waals surface area contributed by atoms with Crippen LogP contribution in [-0.4, -0.2) is 52.2 Å². The van der Waals surface area contributed by atoms with Crippen LogP contribution in [0.15, 0.2) is 30.7 Å². The lowest BCUT2D eigenvalue weighted by Crippen LogP contribution is -2.35. The van der Waals surface area contributed by atoms with Crippen molar-refractivity contribution >= 4 is 5.97 Å². The van der Waals surface area contributed by atoms with E-state index >= 15 is 0 Å². The predicted octanol–water partition coefficient (Wildman–Crippen LogP) is 2.24. The Bertz CT molecular complexity index is 773. The first-order valence-corrected chi connectivity index (χ1v) is 8.67. The van der Waals surface area contributed by atoms with Crippen LogP contribution >= 0.6 is 0 Å². The van der Waals surface area contributed by atoms with Crippen LogP contribution in [0.3, 0.4) is 0 Å². The van der Waals surface area contributed by atoms with Crippen molar-refractivity contribution < 1.29 is 14.6 Å². The smallest absolute Gasteiger partial charge is 0.338 e. The number of pyridine rings is 2. The lowest BCUT2D eigenvalue weighted by molar-refractivity contribution is 0.0695. The van der Waals surface area contributed by atoms with Crippen molar-refractivity contribution in [2.45, 2.75) is 19.4 Å². The monoisotopic (exact) mass is 339 g/mol. The fraction of sp³-hybridized carbons (Fsp3) is 0.421. The number of fused-ring (bicyclic) bond motifs is 1. The minimum atomic E-state index is -0.916. The maximum atomic E-state index is 11.9. The number of aromatic nitrogens is 2. The Hall–Kier alpha value is -2.31. The molecule has 0 radical (unpaired) electrons. The van der Waals surface area contributed by atoms with Gasteiger partial charge >= 0.3 is 5.97 Å². The van der Waals surface area contributed by atoms with Gasteiger partial charge in [0.15, 0.2) is 0 Å². The van der Waals surface area contributed by atoms with E-state index < -0.39 is 5.97 Å². The highest BCUT2D eigenvalue weighted by molar-refractivity contribution is 5.96. The second-order valence-electron chi connectivity index (χ2n) is 6.75. The van der Waals surface area contributed by atoms with Gasteiger partial charge in [-0.2, -0.15) is 0 Å². The first-order chi connectivity index (χ1) is 12.2. The van der Waals surface area contributed by atoms with Crippen molar-refractivity contribution in [1.29, 1.82) is 0 Å². The van der Waals surface area contributed by atoms with Crippen LogP contribution in [0, 0.1) is 5.92 Å². The average Bonchev–Trinajstić information content (AvgIpc) is 3.14. The summed E-state index contributed by atoms with van der Waals surface area (Å²) in [5.74, 6) is -0.330. The Morgan fingerprint density at radius 1 is 1.40 bits per heavy atom. The molecule has 0 aromatic carbocycles. The molecule has 1 N–H and O–H groups in total. The summed E-state index contributed by atoms with van der Waals surface area (Å²) in [6, 6.07) is 3.65. The Kier molecular flexibility index (Phi) is 4.46. The third-order valence-electron chi connectivity index (χ3n) is 5.04. The van der Waals surface area contributed by atoms with Gasteiger partial charge in [0.2, 0.25) is 0 Å². The molecule has 1 atom stereocenters. The maximum Gasteiger partial charge on any atom is 0.338 e. The fourth-order valence-corrected chi connectivity index (χ4v) is 3.80. The standard InChI is InChI=1S/C19H21N3O3/c23-19(24)17-16-3-6-22(10-13-4-7-25-12-13)11-15(16)9-21-18(17)14-2-1-5-20-8-14/h1-2,5,8-9,13H,3-4,6-7,10-12H2,(H,23,24)/t13-/m1/s1. The quantitative estimate of drug-likeness (QED) is 0.921. The number of carbonyl (C=O) groups is 1. The summed E-state index contributed by atoms with van der Waals surface area (Å²) in [5, 5.41) is 9.79. The molecule has 1 fully saturated rings. The molecule has 4 rings (SSSR count). The lowest BCUT2D eigenvalue weighted by Gasteiger charge is -2.31. The summed E-state index contributed by atoms with van der Waals surface area (Å²) in [4.78, 5) is 22.9. The molecular weight excluding hydrogens is 318 g/mol. The maximum absolute atomic E-state index is 11.9. The van der Waals surface area contributed by atoms with Gasteiger partial charge < -0.3 is 9.84 Å². The Balaban J connectivity index is 1.64. The van der Waals surface area contributed by atoms with E-state index in [-0.39, 0.29) is 0 Å². The zero-order valence-corrected chi connectivity index (χ0v) is 14.0. The molecule has 2 aliphatic rings. The molecule has 130 valence electrons. The Morgan fingerprint density at radius 3 is 3.04 bits per heavy atom. The Morgan fingerprint density at radius 2 is 2.32 bits per heavy atom. The van der Waals surface area contributed by atoms with Crippen molar-refractivity contribution in [1.82, 2.24) is 14.9 Å². The van der Waals surface area contributed by atoms with Crippen molar-refractivity contribution in [3.8, 4) is 11.3 Å². The summed E-state index contributed by atoms with van der Waals surface area (Å²) >= 11 is 0. The van der Waals surface area contributed by atoms with Gasteiger partial charge in [0, 0.05) is 50.4 Å².